The largest absolute Gasteiger partial charge is 0.506 e. The minimum Gasteiger partial charge on any atom is -0.506 e. The van der Waals surface area contributed by atoms with Crippen molar-refractivity contribution in [2.75, 3.05) is 0 Å². The van der Waals surface area contributed by atoms with Gasteiger partial charge in [0.1, 0.15) is 5.75 Å². The van der Waals surface area contributed by atoms with Gasteiger partial charge in [-0.2, -0.15) is 13.2 Å². The van der Waals surface area contributed by atoms with Gasteiger partial charge in [0, 0.05) is 11.8 Å². The number of pyridine rings is 1. The molecule has 1 aromatic heterocycles. The highest BCUT2D eigenvalue weighted by Gasteiger charge is 2.31. The predicted molar refractivity (Wildman–Crippen MR) is 98.6 cm³/mol. The Morgan fingerprint density at radius 1 is 1.27 bits per heavy atom. The van der Waals surface area contributed by atoms with Gasteiger partial charge in [-0.25, -0.2) is 0 Å². The van der Waals surface area contributed by atoms with E-state index in [1.54, 1.807) is 13.8 Å². The number of hydrogen-bond donors (Lipinski definition) is 1. The van der Waals surface area contributed by atoms with Crippen molar-refractivity contribution in [3.05, 3.63) is 62.4 Å². The number of aryl methyl sites for hydroxylation is 3. The van der Waals surface area contributed by atoms with Gasteiger partial charge in [0.05, 0.1) is 16.3 Å². The fourth-order valence-corrected chi connectivity index (χ4v) is 3.11. The lowest BCUT2D eigenvalue weighted by atomic mass is 9.93. The Morgan fingerprint density at radius 3 is 2.50 bits per heavy atom. The first kappa shape index (κ1) is 20.3. The van der Waals surface area contributed by atoms with Gasteiger partial charge in [-0.15, -0.1) is 0 Å². The van der Waals surface area contributed by atoms with Crippen molar-refractivity contribution < 1.29 is 18.3 Å². The molecule has 0 atom stereocenters. The molecule has 26 heavy (non-hydrogen) atoms. The van der Waals surface area contributed by atoms with Crippen LogP contribution in [0, 0.1) is 13.8 Å². The van der Waals surface area contributed by atoms with Crippen LogP contribution in [0.4, 0.5) is 13.2 Å². The molecule has 2 nitrogen and oxygen atoms in total. The summed E-state index contributed by atoms with van der Waals surface area (Å²) in [6.07, 6.45) is -0.137. The molecule has 0 bridgehead atoms. The van der Waals surface area contributed by atoms with Gasteiger partial charge in [0.2, 0.25) is 0 Å². The van der Waals surface area contributed by atoms with Crippen molar-refractivity contribution in [3.63, 3.8) is 0 Å². The Labute approximate surface area is 156 Å². The molecule has 0 saturated heterocycles. The molecule has 1 heterocycles. The minimum atomic E-state index is -4.36. The lowest BCUT2D eigenvalue weighted by Crippen LogP contribution is -2.07. The third-order valence-corrected chi connectivity index (χ3v) is 4.64. The first-order chi connectivity index (χ1) is 12.0. The number of hydrogen-bond acceptors (Lipinski definition) is 2. The van der Waals surface area contributed by atoms with E-state index in [-0.39, 0.29) is 5.75 Å². The van der Waals surface area contributed by atoms with E-state index in [1.807, 2.05) is 19.9 Å². The molecule has 0 aliphatic carbocycles. The van der Waals surface area contributed by atoms with Gasteiger partial charge in [0.25, 0.3) is 0 Å². The number of halogens is 4. The molecule has 0 fully saturated rings. The van der Waals surface area contributed by atoms with Crippen LogP contribution in [0.15, 0.2) is 23.9 Å². The molecular weight excluding hydrogens is 363 g/mol. The number of rotatable bonds is 4. The summed E-state index contributed by atoms with van der Waals surface area (Å²) in [6, 6.07) is 2.37. The van der Waals surface area contributed by atoms with Crippen LogP contribution >= 0.6 is 11.6 Å². The summed E-state index contributed by atoms with van der Waals surface area (Å²) in [5, 5.41) is 10.5. The van der Waals surface area contributed by atoms with Gasteiger partial charge >= 0.3 is 6.18 Å². The van der Waals surface area contributed by atoms with Crippen LogP contribution in [-0.4, -0.2) is 10.1 Å². The van der Waals surface area contributed by atoms with Gasteiger partial charge in [-0.3, -0.25) is 4.98 Å². The molecule has 0 unspecified atom stereocenters. The highest BCUT2D eigenvalue weighted by molar-refractivity contribution is 6.31. The normalized spacial score (nSPS) is 12.5. The lowest BCUT2D eigenvalue weighted by Gasteiger charge is -2.15. The zero-order valence-corrected chi connectivity index (χ0v) is 15.9. The predicted octanol–water partition coefficient (Wildman–Crippen LogP) is 6.28. The fourth-order valence-electron chi connectivity index (χ4n) is 2.90. The van der Waals surface area contributed by atoms with E-state index in [0.29, 0.717) is 40.2 Å². The maximum Gasteiger partial charge on any atom is 0.416 e. The third-order valence-electron chi connectivity index (χ3n) is 4.32. The molecule has 0 aliphatic heterocycles. The Hall–Kier alpha value is -2.01. The van der Waals surface area contributed by atoms with E-state index in [4.69, 9.17) is 11.6 Å². The zero-order chi connectivity index (χ0) is 19.6. The van der Waals surface area contributed by atoms with Gasteiger partial charge in [0.15, 0.2) is 0 Å². The van der Waals surface area contributed by atoms with Crippen molar-refractivity contribution in [1.82, 2.24) is 4.98 Å². The van der Waals surface area contributed by atoms with Crippen LogP contribution in [-0.2, 0) is 19.0 Å². The highest BCUT2D eigenvalue weighted by atomic mass is 35.5. The van der Waals surface area contributed by atoms with Gasteiger partial charge < -0.3 is 5.11 Å². The Morgan fingerprint density at radius 2 is 1.92 bits per heavy atom. The Kier molecular flexibility index (Phi) is 6.02. The molecule has 0 saturated carbocycles. The molecule has 0 spiro atoms. The van der Waals surface area contributed by atoms with Crippen molar-refractivity contribution in [2.24, 2.45) is 0 Å². The molecule has 2 aromatic rings. The molecular formula is C20H21ClF3NO. The van der Waals surface area contributed by atoms with Gasteiger partial charge in [-0.05, 0) is 62.4 Å². The van der Waals surface area contributed by atoms with Crippen LogP contribution in [0.25, 0.3) is 6.08 Å². The summed E-state index contributed by atoms with van der Waals surface area (Å²) in [7, 11) is 0. The van der Waals surface area contributed by atoms with Crippen molar-refractivity contribution in [3.8, 4) is 5.75 Å². The van der Waals surface area contributed by atoms with Crippen LogP contribution in [0.5, 0.6) is 5.75 Å². The Bertz CT molecular complexity index is 857. The second-order valence-corrected chi connectivity index (χ2v) is 6.81. The van der Waals surface area contributed by atoms with E-state index in [0.717, 1.165) is 11.1 Å². The number of benzene rings is 1. The number of nitrogens with zero attached hydrogens (tertiary/aromatic N) is 1. The summed E-state index contributed by atoms with van der Waals surface area (Å²) in [4.78, 5) is 4.00. The number of allylic oxidation sites excluding steroid dienone is 1. The summed E-state index contributed by atoms with van der Waals surface area (Å²) in [5.74, 6) is 0.0464. The van der Waals surface area contributed by atoms with E-state index in [1.165, 1.54) is 18.3 Å². The number of aromatic hydroxyl groups is 1. The molecule has 1 N–H and O–H groups in total. The fraction of sp³-hybridized carbons (Fsp3) is 0.350. The second kappa shape index (κ2) is 7.70. The standard InChI is InChI=1S/C20H21ClF3NO/c1-5-14-9-15(20(22,23)24)8-12(3)16(14)6-11(2)7-17-18(21)10-25-13(4)19(17)26/h6,8-10,26H,5,7H2,1-4H3/b11-6+. The minimum absolute atomic E-state index is 0.0464. The third kappa shape index (κ3) is 4.39. The lowest BCUT2D eigenvalue weighted by molar-refractivity contribution is -0.137. The summed E-state index contributed by atoms with van der Waals surface area (Å²) in [5.41, 5.74) is 3.28. The average molecular weight is 384 g/mol. The summed E-state index contributed by atoms with van der Waals surface area (Å²) < 4.78 is 39.1. The van der Waals surface area contributed by atoms with Crippen LogP contribution in [0.1, 0.15) is 47.4 Å². The summed E-state index contributed by atoms with van der Waals surface area (Å²) in [6.45, 7) is 7.05. The van der Waals surface area contributed by atoms with E-state index in [9.17, 15) is 18.3 Å². The van der Waals surface area contributed by atoms with Crippen molar-refractivity contribution >= 4 is 17.7 Å². The van der Waals surface area contributed by atoms with Crippen LogP contribution < -0.4 is 0 Å². The first-order valence-corrected chi connectivity index (χ1v) is 8.63. The van der Waals surface area contributed by atoms with Crippen molar-refractivity contribution in [1.29, 1.82) is 0 Å². The smallest absolute Gasteiger partial charge is 0.416 e. The second-order valence-electron chi connectivity index (χ2n) is 6.40. The highest BCUT2D eigenvalue weighted by Crippen LogP contribution is 2.34. The van der Waals surface area contributed by atoms with E-state index in [2.05, 4.69) is 4.98 Å². The van der Waals surface area contributed by atoms with Crippen molar-refractivity contribution in [2.45, 2.75) is 46.7 Å². The SMILES string of the molecule is CCc1cc(C(F)(F)F)cc(C)c1/C=C(\C)Cc1c(Cl)cnc(C)c1O. The van der Waals surface area contributed by atoms with E-state index >= 15 is 0 Å². The molecule has 2 rings (SSSR count). The number of aromatic nitrogens is 1. The molecule has 1 aromatic carbocycles. The Balaban J connectivity index is 2.45. The maximum absolute atomic E-state index is 13.0. The molecule has 140 valence electrons. The molecule has 0 aliphatic rings. The molecule has 6 heteroatoms. The topological polar surface area (TPSA) is 33.1 Å². The zero-order valence-electron chi connectivity index (χ0n) is 15.1. The molecule has 0 amide bonds. The average Bonchev–Trinajstić information content (AvgIpc) is 2.55. The molecule has 0 radical (unpaired) electrons. The maximum atomic E-state index is 13.0. The monoisotopic (exact) mass is 383 g/mol. The quantitative estimate of drug-likeness (QED) is 0.673. The van der Waals surface area contributed by atoms with Crippen LogP contribution in [0.2, 0.25) is 5.02 Å². The first-order valence-electron chi connectivity index (χ1n) is 8.25. The number of alkyl halides is 3. The summed E-state index contributed by atoms with van der Waals surface area (Å²) >= 11 is 6.13. The van der Waals surface area contributed by atoms with E-state index < -0.39 is 11.7 Å². The van der Waals surface area contributed by atoms with Crippen LogP contribution in [0.3, 0.4) is 0 Å². The van der Waals surface area contributed by atoms with Gasteiger partial charge in [-0.1, -0.05) is 30.2 Å².